The van der Waals surface area contributed by atoms with Crippen molar-refractivity contribution in [2.75, 3.05) is 11.9 Å². The van der Waals surface area contributed by atoms with E-state index in [2.05, 4.69) is 32.6 Å². The first-order chi connectivity index (χ1) is 9.20. The van der Waals surface area contributed by atoms with Crippen LogP contribution < -0.4 is 11.1 Å². The van der Waals surface area contributed by atoms with Crippen molar-refractivity contribution in [2.45, 2.75) is 0 Å². The van der Waals surface area contributed by atoms with Gasteiger partial charge in [-0.2, -0.15) is 4.80 Å². The zero-order valence-electron chi connectivity index (χ0n) is 10.3. The predicted octanol–water partition coefficient (Wildman–Crippen LogP) is -0.227. The summed E-state index contributed by atoms with van der Waals surface area (Å²) in [4.78, 5) is 13.3. The number of hydrogen-bond donors (Lipinski definition) is 2. The summed E-state index contributed by atoms with van der Waals surface area (Å²) in [5.41, 5.74) is 6.37. The molecule has 0 unspecified atom stereocenters. The summed E-state index contributed by atoms with van der Waals surface area (Å²) in [6.45, 7) is 0.238. The second-order valence-electron chi connectivity index (χ2n) is 3.61. The molecule has 0 aliphatic rings. The Morgan fingerprint density at radius 1 is 1.47 bits per heavy atom. The summed E-state index contributed by atoms with van der Waals surface area (Å²) < 4.78 is 0. The van der Waals surface area contributed by atoms with Gasteiger partial charge >= 0.3 is 0 Å². The molecule has 2 aromatic rings. The molecule has 1 heterocycles. The number of nitrogens with one attached hydrogen (secondary N) is 1. The summed E-state index contributed by atoms with van der Waals surface area (Å²) in [5, 5.41) is 13.7. The number of carbonyl (C=O) groups is 1. The maximum Gasteiger partial charge on any atom is 0.270 e. The smallest absolute Gasteiger partial charge is 0.270 e. The van der Waals surface area contributed by atoms with Gasteiger partial charge in [-0.1, -0.05) is 29.1 Å². The minimum atomic E-state index is -0.338. The van der Waals surface area contributed by atoms with Gasteiger partial charge in [-0.3, -0.25) is 10.1 Å². The molecule has 7 nitrogen and oxygen atoms in total. The molecule has 1 aromatic heterocycles. The fourth-order valence-electron chi connectivity index (χ4n) is 1.44. The molecule has 0 saturated carbocycles. The molecule has 1 amide bonds. The number of hydrogen-bond acceptors (Lipinski definition) is 5. The number of anilines is 1. The lowest BCUT2D eigenvalue weighted by molar-refractivity contribution is 0.102. The fourth-order valence-corrected chi connectivity index (χ4v) is 1.44. The van der Waals surface area contributed by atoms with Gasteiger partial charge in [0.15, 0.2) is 0 Å². The lowest BCUT2D eigenvalue weighted by Crippen LogP contribution is -2.14. The van der Waals surface area contributed by atoms with E-state index in [1.165, 1.54) is 4.80 Å². The standard InChI is InChI=1S/C12H12N6O/c1-18-16-12(15-17-18)14-11(19)10-7-3-2-5-9(10)6-4-8-13/h2-3,5,7H,8,13H2,1H3,(H,14,16,19). The van der Waals surface area contributed by atoms with Gasteiger partial charge in [0.1, 0.15) is 0 Å². The summed E-state index contributed by atoms with van der Waals surface area (Å²) >= 11 is 0. The lowest BCUT2D eigenvalue weighted by atomic mass is 10.1. The Morgan fingerprint density at radius 2 is 2.26 bits per heavy atom. The minimum absolute atomic E-state index is 0.147. The molecular formula is C12H12N6O. The van der Waals surface area contributed by atoms with Gasteiger partial charge in [0.25, 0.3) is 11.9 Å². The van der Waals surface area contributed by atoms with Crippen LogP contribution in [0.15, 0.2) is 24.3 Å². The zero-order chi connectivity index (χ0) is 13.7. The molecule has 0 aliphatic heterocycles. The number of nitrogens with zero attached hydrogens (tertiary/aromatic N) is 4. The van der Waals surface area contributed by atoms with Gasteiger partial charge in [0, 0.05) is 5.56 Å². The summed E-state index contributed by atoms with van der Waals surface area (Å²) in [6, 6.07) is 6.98. The van der Waals surface area contributed by atoms with Gasteiger partial charge in [-0.15, -0.1) is 5.10 Å². The molecule has 0 aliphatic carbocycles. The highest BCUT2D eigenvalue weighted by atomic mass is 16.1. The first-order valence-electron chi connectivity index (χ1n) is 5.54. The second kappa shape index (κ2) is 5.75. The highest BCUT2D eigenvalue weighted by molar-refractivity contribution is 6.05. The van der Waals surface area contributed by atoms with E-state index < -0.39 is 0 Å². The van der Waals surface area contributed by atoms with E-state index in [4.69, 9.17) is 5.73 Å². The van der Waals surface area contributed by atoms with E-state index in [1.54, 1.807) is 31.3 Å². The second-order valence-corrected chi connectivity index (χ2v) is 3.61. The van der Waals surface area contributed by atoms with Crippen molar-refractivity contribution in [3.8, 4) is 11.8 Å². The molecule has 0 spiro atoms. The van der Waals surface area contributed by atoms with Crippen LogP contribution in [0.5, 0.6) is 0 Å². The number of nitrogens with two attached hydrogens (primary N) is 1. The molecular weight excluding hydrogens is 244 g/mol. The molecule has 96 valence electrons. The largest absolute Gasteiger partial charge is 0.320 e. The van der Waals surface area contributed by atoms with Crippen molar-refractivity contribution in [1.29, 1.82) is 0 Å². The van der Waals surface area contributed by atoms with Crippen molar-refractivity contribution >= 4 is 11.9 Å². The fraction of sp³-hybridized carbons (Fsp3) is 0.167. The Morgan fingerprint density at radius 3 is 2.95 bits per heavy atom. The molecule has 0 fully saturated rings. The topological polar surface area (TPSA) is 98.7 Å². The third kappa shape index (κ3) is 3.14. The molecule has 2 rings (SSSR count). The van der Waals surface area contributed by atoms with Crippen LogP contribution in [0.25, 0.3) is 0 Å². The van der Waals surface area contributed by atoms with Crippen molar-refractivity contribution in [3.05, 3.63) is 35.4 Å². The number of aromatic nitrogens is 4. The Bertz CT molecular complexity index is 651. The van der Waals surface area contributed by atoms with Crippen LogP contribution in [0.2, 0.25) is 0 Å². The molecule has 1 aromatic carbocycles. The first kappa shape index (κ1) is 12.7. The average molecular weight is 256 g/mol. The predicted molar refractivity (Wildman–Crippen MR) is 69.1 cm³/mol. The van der Waals surface area contributed by atoms with Crippen molar-refractivity contribution < 1.29 is 4.79 Å². The van der Waals surface area contributed by atoms with Crippen molar-refractivity contribution in [3.63, 3.8) is 0 Å². The van der Waals surface area contributed by atoms with Crippen LogP contribution in [0.1, 0.15) is 15.9 Å². The van der Waals surface area contributed by atoms with Crippen LogP contribution >= 0.6 is 0 Å². The van der Waals surface area contributed by atoms with Crippen LogP contribution in [0.3, 0.4) is 0 Å². The summed E-state index contributed by atoms with van der Waals surface area (Å²) in [6.07, 6.45) is 0. The zero-order valence-corrected chi connectivity index (χ0v) is 10.3. The number of benzene rings is 1. The van der Waals surface area contributed by atoms with Gasteiger partial charge in [-0.05, 0) is 17.3 Å². The van der Waals surface area contributed by atoms with Crippen molar-refractivity contribution in [2.24, 2.45) is 12.8 Å². The average Bonchev–Trinajstić information content (AvgIpc) is 2.82. The van der Waals surface area contributed by atoms with Gasteiger partial charge in [-0.25, -0.2) is 0 Å². The van der Waals surface area contributed by atoms with E-state index in [-0.39, 0.29) is 18.4 Å². The Balaban J connectivity index is 2.23. The first-order valence-corrected chi connectivity index (χ1v) is 5.54. The maximum atomic E-state index is 12.1. The third-order valence-corrected chi connectivity index (χ3v) is 2.23. The number of carbonyl (C=O) groups excluding carboxylic acids is 1. The molecule has 19 heavy (non-hydrogen) atoms. The van der Waals surface area contributed by atoms with Crippen LogP contribution in [-0.4, -0.2) is 32.7 Å². The number of aryl methyl sites for hydroxylation is 1. The number of amides is 1. The number of tetrazole rings is 1. The Hall–Kier alpha value is -2.72. The van der Waals surface area contributed by atoms with Gasteiger partial charge in [0.05, 0.1) is 19.2 Å². The van der Waals surface area contributed by atoms with E-state index >= 15 is 0 Å². The Labute approximate surface area is 109 Å². The van der Waals surface area contributed by atoms with Crippen LogP contribution in [0.4, 0.5) is 5.95 Å². The quantitative estimate of drug-likeness (QED) is 0.723. The van der Waals surface area contributed by atoms with E-state index in [0.29, 0.717) is 11.1 Å². The monoisotopic (exact) mass is 256 g/mol. The highest BCUT2D eigenvalue weighted by Gasteiger charge is 2.12. The third-order valence-electron chi connectivity index (χ3n) is 2.23. The highest BCUT2D eigenvalue weighted by Crippen LogP contribution is 2.09. The molecule has 3 N–H and O–H groups in total. The van der Waals surface area contributed by atoms with Crippen LogP contribution in [-0.2, 0) is 7.05 Å². The van der Waals surface area contributed by atoms with Gasteiger partial charge in [0.2, 0.25) is 0 Å². The molecule has 7 heteroatoms. The molecule has 0 saturated heterocycles. The van der Waals surface area contributed by atoms with Crippen LogP contribution in [0, 0.1) is 11.8 Å². The molecule has 0 radical (unpaired) electrons. The normalized spacial score (nSPS) is 9.58. The summed E-state index contributed by atoms with van der Waals surface area (Å²) in [7, 11) is 1.61. The number of rotatable bonds is 2. The SMILES string of the molecule is Cn1nnc(NC(=O)c2ccccc2C#CCN)n1. The van der Waals surface area contributed by atoms with E-state index in [0.717, 1.165) is 0 Å². The summed E-state index contributed by atoms with van der Waals surface area (Å²) in [5.74, 6) is 5.37. The van der Waals surface area contributed by atoms with E-state index in [1.807, 2.05) is 0 Å². The molecule has 0 atom stereocenters. The minimum Gasteiger partial charge on any atom is -0.320 e. The Kier molecular flexibility index (Phi) is 3.85. The van der Waals surface area contributed by atoms with Crippen molar-refractivity contribution in [1.82, 2.24) is 20.2 Å². The van der Waals surface area contributed by atoms with Gasteiger partial charge < -0.3 is 5.73 Å². The maximum absolute atomic E-state index is 12.1. The molecule has 0 bridgehead atoms. The lowest BCUT2D eigenvalue weighted by Gasteiger charge is -2.03. The van der Waals surface area contributed by atoms with E-state index in [9.17, 15) is 4.79 Å².